The van der Waals surface area contributed by atoms with Gasteiger partial charge in [-0.1, -0.05) is 35.0 Å². The maximum atomic E-state index is 14.2. The first kappa shape index (κ1) is 29.2. The van der Waals surface area contributed by atoms with E-state index < -0.39 is 29.6 Å². The highest BCUT2D eigenvalue weighted by molar-refractivity contribution is 9.09. The minimum absolute atomic E-state index is 0.00606. The maximum absolute atomic E-state index is 14.2. The van der Waals surface area contributed by atoms with E-state index in [2.05, 4.69) is 34.0 Å². The molecule has 1 N–H and O–H groups in total. The van der Waals surface area contributed by atoms with Crippen molar-refractivity contribution < 1.29 is 29.0 Å². The van der Waals surface area contributed by atoms with E-state index in [4.69, 9.17) is 9.47 Å². The summed E-state index contributed by atoms with van der Waals surface area (Å²) in [4.78, 5) is 49.0. The molecule has 0 aromatic heterocycles. The molecular formula is C27H41BrN4O6. The molecule has 10 nitrogen and oxygen atoms in total. The van der Waals surface area contributed by atoms with Crippen LogP contribution in [-0.2, 0) is 23.9 Å². The largest absolute Gasteiger partial charge is 0.395 e. The lowest BCUT2D eigenvalue weighted by Crippen LogP contribution is -2.58. The first-order valence-corrected chi connectivity index (χ1v) is 14.6. The van der Waals surface area contributed by atoms with E-state index >= 15 is 0 Å². The highest BCUT2D eigenvalue weighted by atomic mass is 79.9. The van der Waals surface area contributed by atoms with Gasteiger partial charge in [-0.3, -0.25) is 19.3 Å². The van der Waals surface area contributed by atoms with E-state index in [-0.39, 0.29) is 35.7 Å². The van der Waals surface area contributed by atoms with Crippen LogP contribution in [0.25, 0.3) is 0 Å². The predicted octanol–water partition coefficient (Wildman–Crippen LogP) is 0.498. The Kier molecular flexibility index (Phi) is 9.67. The van der Waals surface area contributed by atoms with E-state index in [0.717, 1.165) is 19.5 Å². The van der Waals surface area contributed by atoms with E-state index in [1.165, 1.54) is 4.90 Å². The summed E-state index contributed by atoms with van der Waals surface area (Å²) in [6.07, 6.45) is 4.08. The Bertz CT molecular complexity index is 914. The van der Waals surface area contributed by atoms with Gasteiger partial charge in [-0.25, -0.2) is 0 Å². The lowest BCUT2D eigenvalue weighted by molar-refractivity contribution is -0.149. The number of likely N-dealkylation sites (tertiary alicyclic amines) is 1. The second-order valence-electron chi connectivity index (χ2n) is 10.5. The summed E-state index contributed by atoms with van der Waals surface area (Å²) in [7, 11) is 0. The highest BCUT2D eigenvalue weighted by Gasteiger charge is 2.76. The van der Waals surface area contributed by atoms with E-state index in [9.17, 15) is 19.5 Å². The number of nitrogens with zero attached hydrogens (tertiary/aromatic N) is 4. The molecule has 212 valence electrons. The van der Waals surface area contributed by atoms with Gasteiger partial charge in [0, 0.05) is 57.2 Å². The molecule has 0 aromatic carbocycles. The standard InChI is InChI=1S/C27H41BrN4O6/c1-4-7-30(8-5-2)24(34)20-21-25(35)32(12-15-33)23(27(21)18-19(28)22(20)38-27)26(36)31(9-6-3)11-10-29-13-16-37-17-14-29/h4,6,19-23,33H,1,3,5,7-18H2,2H3/t19?,20-,21-,22-,23?,27?/m0/s1. The molecule has 0 saturated carbocycles. The summed E-state index contributed by atoms with van der Waals surface area (Å²) in [5, 5.41) is 9.86. The number of β-amino-alcohol motifs (C(OH)–C–C–N with tert-alkyl or cyclic N) is 1. The molecule has 3 unspecified atom stereocenters. The van der Waals surface area contributed by atoms with Gasteiger partial charge in [-0.05, 0) is 12.8 Å². The van der Waals surface area contributed by atoms with E-state index in [1.807, 2.05) is 6.92 Å². The average Bonchev–Trinajstić information content (AvgIpc) is 3.50. The molecule has 4 rings (SSSR count). The Balaban J connectivity index is 1.65. The van der Waals surface area contributed by atoms with Crippen molar-refractivity contribution in [1.82, 2.24) is 19.6 Å². The zero-order valence-electron chi connectivity index (χ0n) is 22.3. The average molecular weight is 598 g/mol. The third-order valence-corrected chi connectivity index (χ3v) is 9.10. The van der Waals surface area contributed by atoms with Gasteiger partial charge in [0.1, 0.15) is 11.6 Å². The number of ether oxygens (including phenoxy) is 2. The number of fused-ring (bicyclic) bond motifs is 1. The van der Waals surface area contributed by atoms with Crippen molar-refractivity contribution in [2.75, 3.05) is 72.2 Å². The van der Waals surface area contributed by atoms with Crippen LogP contribution in [0.5, 0.6) is 0 Å². The van der Waals surface area contributed by atoms with Crippen LogP contribution in [0.4, 0.5) is 0 Å². The number of hydrogen-bond acceptors (Lipinski definition) is 7. The van der Waals surface area contributed by atoms with Crippen molar-refractivity contribution in [3.05, 3.63) is 25.3 Å². The number of hydrogen-bond donors (Lipinski definition) is 1. The molecule has 4 aliphatic rings. The fraction of sp³-hybridized carbons (Fsp3) is 0.741. The molecule has 4 heterocycles. The van der Waals surface area contributed by atoms with E-state index in [0.29, 0.717) is 52.4 Å². The van der Waals surface area contributed by atoms with Gasteiger partial charge in [0.2, 0.25) is 17.7 Å². The Morgan fingerprint density at radius 3 is 2.39 bits per heavy atom. The fourth-order valence-electron chi connectivity index (χ4n) is 6.67. The number of rotatable bonds is 13. The molecule has 1 spiro atoms. The van der Waals surface area contributed by atoms with Gasteiger partial charge < -0.3 is 29.3 Å². The summed E-state index contributed by atoms with van der Waals surface area (Å²) in [6, 6.07) is -0.918. The topological polar surface area (TPSA) is 103 Å². The van der Waals surface area contributed by atoms with Crippen molar-refractivity contribution in [2.45, 2.75) is 42.3 Å². The van der Waals surface area contributed by atoms with Gasteiger partial charge in [0.15, 0.2) is 0 Å². The van der Waals surface area contributed by atoms with Crippen LogP contribution in [0.1, 0.15) is 19.8 Å². The number of morpholine rings is 1. The monoisotopic (exact) mass is 596 g/mol. The van der Waals surface area contributed by atoms with Crippen molar-refractivity contribution >= 4 is 33.7 Å². The van der Waals surface area contributed by atoms with Crippen molar-refractivity contribution in [3.63, 3.8) is 0 Å². The number of carbonyl (C=O) groups is 3. The van der Waals surface area contributed by atoms with Crippen LogP contribution < -0.4 is 0 Å². The van der Waals surface area contributed by atoms with Crippen molar-refractivity contribution in [1.29, 1.82) is 0 Å². The minimum Gasteiger partial charge on any atom is -0.395 e. The highest BCUT2D eigenvalue weighted by Crippen LogP contribution is 2.60. The Hall–Kier alpha value is -1.79. The van der Waals surface area contributed by atoms with Gasteiger partial charge >= 0.3 is 0 Å². The number of amides is 3. The van der Waals surface area contributed by atoms with Crippen LogP contribution in [-0.4, -0.2) is 137 Å². The van der Waals surface area contributed by atoms with Crippen LogP contribution >= 0.6 is 15.9 Å². The second kappa shape index (κ2) is 12.6. The predicted molar refractivity (Wildman–Crippen MR) is 146 cm³/mol. The fourth-order valence-corrected chi connectivity index (χ4v) is 7.62. The quantitative estimate of drug-likeness (QED) is 0.244. The first-order valence-electron chi connectivity index (χ1n) is 13.7. The molecule has 6 atom stereocenters. The second-order valence-corrected chi connectivity index (χ2v) is 11.7. The van der Waals surface area contributed by atoms with Crippen LogP contribution in [0.2, 0.25) is 0 Å². The molecule has 2 bridgehead atoms. The summed E-state index contributed by atoms with van der Waals surface area (Å²) in [5.74, 6) is -2.14. The molecule has 0 radical (unpaired) electrons. The van der Waals surface area contributed by atoms with Crippen molar-refractivity contribution in [2.24, 2.45) is 11.8 Å². The molecule has 3 amide bonds. The van der Waals surface area contributed by atoms with Crippen LogP contribution in [0.15, 0.2) is 25.3 Å². The molecule has 0 aromatic rings. The smallest absolute Gasteiger partial charge is 0.248 e. The lowest BCUT2D eigenvalue weighted by atomic mass is 9.70. The van der Waals surface area contributed by atoms with E-state index in [1.54, 1.807) is 22.0 Å². The molecule has 4 aliphatic heterocycles. The van der Waals surface area contributed by atoms with Crippen molar-refractivity contribution in [3.8, 4) is 0 Å². The maximum Gasteiger partial charge on any atom is 0.248 e. The third kappa shape index (κ3) is 5.20. The Labute approximate surface area is 233 Å². The lowest BCUT2D eigenvalue weighted by Gasteiger charge is -2.38. The summed E-state index contributed by atoms with van der Waals surface area (Å²) < 4.78 is 12.0. The van der Waals surface area contributed by atoms with Gasteiger partial charge in [-0.15, -0.1) is 13.2 Å². The third-order valence-electron chi connectivity index (χ3n) is 8.25. The normalized spacial score (nSPS) is 32.3. The Morgan fingerprint density at radius 1 is 1.13 bits per heavy atom. The van der Waals surface area contributed by atoms with Gasteiger partial charge in [-0.2, -0.15) is 0 Å². The molecule has 4 saturated heterocycles. The molecular weight excluding hydrogens is 556 g/mol. The van der Waals surface area contributed by atoms with Gasteiger partial charge in [0.25, 0.3) is 0 Å². The molecule has 4 fully saturated rings. The molecule has 38 heavy (non-hydrogen) atoms. The summed E-state index contributed by atoms with van der Waals surface area (Å²) in [6.45, 7) is 14.7. The number of aliphatic hydroxyl groups is 1. The zero-order valence-corrected chi connectivity index (χ0v) is 23.9. The van der Waals surface area contributed by atoms with Crippen LogP contribution in [0, 0.1) is 11.8 Å². The number of halogens is 1. The SMILES string of the molecule is C=CCN(CCN1CCOCC1)C(=O)C1N(CCO)C(=O)[C@@H]2[C@H](C(=O)N(CC=C)CCC)[C@H]3OC12CC3Br. The molecule has 11 heteroatoms. The zero-order chi connectivity index (χ0) is 27.4. The van der Waals surface area contributed by atoms with Gasteiger partial charge in [0.05, 0.1) is 37.8 Å². The summed E-state index contributed by atoms with van der Waals surface area (Å²) >= 11 is 3.71. The number of carbonyl (C=O) groups excluding carboxylic acids is 3. The Morgan fingerprint density at radius 2 is 1.79 bits per heavy atom. The first-order chi connectivity index (χ1) is 18.3. The number of aliphatic hydroxyl groups excluding tert-OH is 1. The molecule has 0 aliphatic carbocycles. The number of alkyl halides is 1. The minimum atomic E-state index is -1.13. The van der Waals surface area contributed by atoms with Crippen LogP contribution in [0.3, 0.4) is 0 Å². The summed E-state index contributed by atoms with van der Waals surface area (Å²) in [5.41, 5.74) is -1.13.